The quantitative estimate of drug-likeness (QED) is 0.378. The molecule has 5 heteroatoms. The van der Waals surface area contributed by atoms with Crippen LogP contribution in [0, 0.1) is 0 Å². The lowest BCUT2D eigenvalue weighted by Crippen LogP contribution is -2.07. The van der Waals surface area contributed by atoms with Gasteiger partial charge >= 0.3 is 17.9 Å². The zero-order valence-corrected chi connectivity index (χ0v) is 5.62. The topological polar surface area (TPSA) is 69.7 Å². The van der Waals surface area contributed by atoms with Crippen molar-refractivity contribution in [3.05, 3.63) is 11.8 Å². The standard InChI is InChI=1S/C6H4O5/c1-3(7)10-4-2-5(8)11-6(4)9/h2H,1H3. The van der Waals surface area contributed by atoms with Crippen LogP contribution in [0.5, 0.6) is 0 Å². The Balaban J connectivity index is 2.72. The predicted octanol–water partition coefficient (Wildman–Crippen LogP) is -0.483. The highest BCUT2D eigenvalue weighted by molar-refractivity contribution is 6.08. The van der Waals surface area contributed by atoms with Crippen molar-refractivity contribution < 1.29 is 23.9 Å². The average molecular weight is 156 g/mol. The van der Waals surface area contributed by atoms with Gasteiger partial charge in [0.05, 0.1) is 6.08 Å². The van der Waals surface area contributed by atoms with Crippen LogP contribution in [0.25, 0.3) is 0 Å². The van der Waals surface area contributed by atoms with Gasteiger partial charge in [0.15, 0.2) is 0 Å². The lowest BCUT2D eigenvalue weighted by Gasteiger charge is -1.95. The summed E-state index contributed by atoms with van der Waals surface area (Å²) in [7, 11) is 0. The van der Waals surface area contributed by atoms with Gasteiger partial charge in [-0.1, -0.05) is 0 Å². The Morgan fingerprint density at radius 3 is 2.55 bits per heavy atom. The van der Waals surface area contributed by atoms with Gasteiger partial charge in [0.25, 0.3) is 0 Å². The van der Waals surface area contributed by atoms with Crippen molar-refractivity contribution in [3.8, 4) is 0 Å². The SMILES string of the molecule is CC(=O)OC1=CC(=O)OC1=O. The van der Waals surface area contributed by atoms with Crippen molar-refractivity contribution >= 4 is 17.9 Å². The highest BCUT2D eigenvalue weighted by atomic mass is 16.6. The molecule has 0 atom stereocenters. The molecule has 0 fully saturated rings. The van der Waals surface area contributed by atoms with Crippen LogP contribution in [0.3, 0.4) is 0 Å². The van der Waals surface area contributed by atoms with E-state index in [4.69, 9.17) is 0 Å². The maximum absolute atomic E-state index is 10.5. The Hall–Kier alpha value is -1.65. The van der Waals surface area contributed by atoms with Crippen LogP contribution >= 0.6 is 0 Å². The Bertz CT molecular complexity index is 262. The summed E-state index contributed by atoms with van der Waals surface area (Å²) < 4.78 is 8.35. The number of rotatable bonds is 1. The van der Waals surface area contributed by atoms with E-state index in [0.717, 1.165) is 13.0 Å². The average Bonchev–Trinajstić information content (AvgIpc) is 2.09. The van der Waals surface area contributed by atoms with E-state index >= 15 is 0 Å². The van der Waals surface area contributed by atoms with Gasteiger partial charge in [-0.3, -0.25) is 4.79 Å². The van der Waals surface area contributed by atoms with E-state index in [1.165, 1.54) is 0 Å². The predicted molar refractivity (Wildman–Crippen MR) is 30.9 cm³/mol. The molecule has 0 saturated carbocycles. The highest BCUT2D eigenvalue weighted by Gasteiger charge is 2.26. The molecule has 1 aliphatic rings. The number of carbonyl (C=O) groups excluding carboxylic acids is 3. The molecule has 0 spiro atoms. The Morgan fingerprint density at radius 2 is 2.18 bits per heavy atom. The van der Waals surface area contributed by atoms with Crippen LogP contribution in [0.1, 0.15) is 6.92 Å². The first kappa shape index (κ1) is 7.46. The minimum atomic E-state index is -0.926. The molecule has 1 heterocycles. The van der Waals surface area contributed by atoms with Crippen LogP contribution in [0.2, 0.25) is 0 Å². The summed E-state index contributed by atoms with van der Waals surface area (Å²) in [5.41, 5.74) is 0. The summed E-state index contributed by atoms with van der Waals surface area (Å²) in [6.45, 7) is 1.12. The van der Waals surface area contributed by atoms with Crippen LogP contribution in [-0.2, 0) is 23.9 Å². The van der Waals surface area contributed by atoms with E-state index in [-0.39, 0.29) is 5.76 Å². The fourth-order valence-electron chi connectivity index (χ4n) is 0.563. The zero-order chi connectivity index (χ0) is 8.43. The molecule has 0 unspecified atom stereocenters. The number of carbonyl (C=O) groups is 3. The zero-order valence-electron chi connectivity index (χ0n) is 5.62. The summed E-state index contributed by atoms with van der Waals surface area (Å²) in [5.74, 6) is -2.76. The van der Waals surface area contributed by atoms with Crippen molar-refractivity contribution in [3.63, 3.8) is 0 Å². The van der Waals surface area contributed by atoms with Gasteiger partial charge in [-0.05, 0) is 0 Å². The molecular formula is C6H4O5. The van der Waals surface area contributed by atoms with E-state index in [1.54, 1.807) is 0 Å². The molecular weight excluding hydrogens is 152 g/mol. The van der Waals surface area contributed by atoms with Crippen molar-refractivity contribution in [2.75, 3.05) is 0 Å². The second kappa shape index (κ2) is 2.53. The lowest BCUT2D eigenvalue weighted by molar-refractivity contribution is -0.155. The molecule has 11 heavy (non-hydrogen) atoms. The maximum Gasteiger partial charge on any atom is 0.382 e. The van der Waals surface area contributed by atoms with E-state index in [0.29, 0.717) is 0 Å². The van der Waals surface area contributed by atoms with Gasteiger partial charge in [0, 0.05) is 6.92 Å². The molecule has 0 aromatic heterocycles. The molecule has 0 aromatic carbocycles. The van der Waals surface area contributed by atoms with Crippen molar-refractivity contribution in [1.82, 2.24) is 0 Å². The first-order valence-corrected chi connectivity index (χ1v) is 2.76. The smallest absolute Gasteiger partial charge is 0.382 e. The molecule has 0 radical (unpaired) electrons. The van der Waals surface area contributed by atoms with Gasteiger partial charge in [-0.25, -0.2) is 9.59 Å². The Labute approximate surface area is 61.6 Å². The van der Waals surface area contributed by atoms with Gasteiger partial charge in [-0.15, -0.1) is 0 Å². The number of cyclic esters (lactones) is 2. The normalized spacial score (nSPS) is 15.9. The minimum absolute atomic E-state index is 0.359. The van der Waals surface area contributed by atoms with E-state index in [1.807, 2.05) is 0 Å². The number of hydrogen-bond acceptors (Lipinski definition) is 5. The third-order valence-electron chi connectivity index (χ3n) is 0.897. The van der Waals surface area contributed by atoms with Crippen molar-refractivity contribution in [2.45, 2.75) is 6.92 Å². The van der Waals surface area contributed by atoms with Crippen molar-refractivity contribution in [2.24, 2.45) is 0 Å². The fourth-order valence-corrected chi connectivity index (χ4v) is 0.563. The third kappa shape index (κ3) is 1.64. The highest BCUT2D eigenvalue weighted by Crippen LogP contribution is 2.08. The van der Waals surface area contributed by atoms with Gasteiger partial charge in [-0.2, -0.15) is 0 Å². The van der Waals surface area contributed by atoms with Gasteiger partial charge in [0.1, 0.15) is 0 Å². The van der Waals surface area contributed by atoms with E-state index in [9.17, 15) is 14.4 Å². The first-order valence-electron chi connectivity index (χ1n) is 2.76. The Morgan fingerprint density at radius 1 is 1.55 bits per heavy atom. The second-order valence-corrected chi connectivity index (χ2v) is 1.81. The molecule has 0 amide bonds. The molecule has 1 aliphatic heterocycles. The van der Waals surface area contributed by atoms with Gasteiger partial charge in [0.2, 0.25) is 5.76 Å². The first-order chi connectivity index (χ1) is 5.09. The summed E-state index contributed by atoms with van der Waals surface area (Å²) in [4.78, 5) is 31.1. The summed E-state index contributed by atoms with van der Waals surface area (Å²) >= 11 is 0. The Kier molecular flexibility index (Phi) is 1.72. The molecule has 5 nitrogen and oxygen atoms in total. The molecule has 58 valence electrons. The lowest BCUT2D eigenvalue weighted by atomic mass is 10.5. The molecule has 0 aliphatic carbocycles. The van der Waals surface area contributed by atoms with Gasteiger partial charge < -0.3 is 9.47 Å². The molecule has 0 bridgehead atoms. The summed E-state index contributed by atoms with van der Waals surface area (Å²) in [6.07, 6.45) is 0.823. The van der Waals surface area contributed by atoms with Crippen LogP contribution < -0.4 is 0 Å². The summed E-state index contributed by atoms with van der Waals surface area (Å²) in [5, 5.41) is 0. The largest absolute Gasteiger partial charge is 0.419 e. The maximum atomic E-state index is 10.5. The summed E-state index contributed by atoms with van der Waals surface area (Å²) in [6, 6.07) is 0. The fraction of sp³-hybridized carbons (Fsp3) is 0.167. The van der Waals surface area contributed by atoms with Crippen molar-refractivity contribution in [1.29, 1.82) is 0 Å². The van der Waals surface area contributed by atoms with E-state index in [2.05, 4.69) is 9.47 Å². The monoisotopic (exact) mass is 156 g/mol. The minimum Gasteiger partial charge on any atom is -0.419 e. The second-order valence-electron chi connectivity index (χ2n) is 1.81. The van der Waals surface area contributed by atoms with Crippen LogP contribution in [0.15, 0.2) is 11.8 Å². The van der Waals surface area contributed by atoms with Crippen LogP contribution in [-0.4, -0.2) is 17.9 Å². The number of ether oxygens (including phenoxy) is 2. The third-order valence-corrected chi connectivity index (χ3v) is 0.897. The van der Waals surface area contributed by atoms with Crippen LogP contribution in [0.4, 0.5) is 0 Å². The molecule has 0 aromatic rings. The molecule has 1 rings (SSSR count). The number of hydrogen-bond donors (Lipinski definition) is 0. The van der Waals surface area contributed by atoms with E-state index < -0.39 is 17.9 Å². The number of esters is 3. The molecule has 0 saturated heterocycles. The molecule has 0 N–H and O–H groups in total.